The highest BCUT2D eigenvalue weighted by Crippen LogP contribution is 2.16. The van der Waals surface area contributed by atoms with Crippen molar-refractivity contribution >= 4 is 23.2 Å². The summed E-state index contributed by atoms with van der Waals surface area (Å²) in [5, 5.41) is 3.48. The number of nitrogens with zero attached hydrogens (tertiary/aromatic N) is 2. The maximum absolute atomic E-state index is 12.2. The van der Waals surface area contributed by atoms with Gasteiger partial charge in [-0.1, -0.05) is 11.6 Å². The lowest BCUT2D eigenvalue weighted by atomic mass is 10.3. The van der Waals surface area contributed by atoms with Gasteiger partial charge in [0.2, 0.25) is 0 Å². The Balaban J connectivity index is 2.08. The normalized spacial score (nSPS) is 10.9. The van der Waals surface area contributed by atoms with Crippen molar-refractivity contribution in [1.29, 1.82) is 0 Å². The molecule has 0 unspecified atom stereocenters. The van der Waals surface area contributed by atoms with E-state index in [1.54, 1.807) is 22.7 Å². The van der Waals surface area contributed by atoms with Crippen LogP contribution in [0.5, 0.6) is 0 Å². The van der Waals surface area contributed by atoms with Crippen LogP contribution >= 0.6 is 11.6 Å². The number of amides is 1. The molecule has 2 aromatic heterocycles. The van der Waals surface area contributed by atoms with E-state index in [1.165, 1.54) is 0 Å². The van der Waals surface area contributed by atoms with E-state index < -0.39 is 0 Å². The zero-order valence-electron chi connectivity index (χ0n) is 11.6. The van der Waals surface area contributed by atoms with Crippen LogP contribution in [-0.2, 0) is 4.74 Å². The fraction of sp³-hybridized carbons (Fsp3) is 0.429. The van der Waals surface area contributed by atoms with Gasteiger partial charge in [0.25, 0.3) is 5.91 Å². The second-order valence-electron chi connectivity index (χ2n) is 4.43. The number of nitrogens with one attached hydrogen (secondary N) is 1. The molecule has 0 aliphatic heterocycles. The zero-order valence-corrected chi connectivity index (χ0v) is 12.4. The first-order chi connectivity index (χ1) is 9.63. The molecule has 0 aromatic carbocycles. The van der Waals surface area contributed by atoms with Crippen LogP contribution in [0.15, 0.2) is 18.3 Å². The van der Waals surface area contributed by atoms with Gasteiger partial charge in [-0.2, -0.15) is 0 Å². The molecule has 1 amide bonds. The lowest BCUT2D eigenvalue weighted by Gasteiger charge is -2.06. The first kappa shape index (κ1) is 14.8. The molecule has 6 heteroatoms. The number of aryl methyl sites for hydroxylation is 1. The average molecular weight is 296 g/mol. The summed E-state index contributed by atoms with van der Waals surface area (Å²) in [6, 6.07) is 3.47. The number of halogens is 1. The minimum Gasteiger partial charge on any atom is -0.382 e. The van der Waals surface area contributed by atoms with Crippen LogP contribution in [0.1, 0.15) is 29.5 Å². The fourth-order valence-corrected chi connectivity index (χ4v) is 2.17. The molecule has 0 spiro atoms. The number of imidazole rings is 1. The molecule has 0 radical (unpaired) electrons. The molecule has 20 heavy (non-hydrogen) atoms. The van der Waals surface area contributed by atoms with Gasteiger partial charge in [-0.25, -0.2) is 4.98 Å². The molecule has 0 fully saturated rings. The summed E-state index contributed by atoms with van der Waals surface area (Å²) in [7, 11) is 0. The molecule has 0 aliphatic rings. The molecule has 2 rings (SSSR count). The number of ether oxygens (including phenoxy) is 1. The van der Waals surface area contributed by atoms with Gasteiger partial charge < -0.3 is 10.1 Å². The van der Waals surface area contributed by atoms with E-state index in [0.717, 1.165) is 6.42 Å². The summed E-state index contributed by atoms with van der Waals surface area (Å²) in [6.45, 7) is 5.69. The van der Waals surface area contributed by atoms with Gasteiger partial charge in [-0.05, 0) is 26.3 Å². The van der Waals surface area contributed by atoms with Crippen LogP contribution in [0.3, 0.4) is 0 Å². The van der Waals surface area contributed by atoms with Crippen LogP contribution < -0.4 is 5.32 Å². The Bertz CT molecular complexity index is 610. The predicted molar refractivity (Wildman–Crippen MR) is 78.4 cm³/mol. The van der Waals surface area contributed by atoms with Gasteiger partial charge >= 0.3 is 0 Å². The Morgan fingerprint density at radius 2 is 2.35 bits per heavy atom. The third-order valence-electron chi connectivity index (χ3n) is 2.93. The topological polar surface area (TPSA) is 55.6 Å². The monoisotopic (exact) mass is 295 g/mol. The number of pyridine rings is 1. The van der Waals surface area contributed by atoms with Crippen molar-refractivity contribution in [2.24, 2.45) is 0 Å². The molecule has 1 N–H and O–H groups in total. The van der Waals surface area contributed by atoms with E-state index in [-0.39, 0.29) is 5.91 Å². The number of carbonyl (C=O) groups excluding carboxylic acids is 1. The van der Waals surface area contributed by atoms with E-state index in [9.17, 15) is 4.79 Å². The van der Waals surface area contributed by atoms with Gasteiger partial charge in [-0.3, -0.25) is 9.20 Å². The predicted octanol–water partition coefficient (Wildman–Crippen LogP) is 2.45. The van der Waals surface area contributed by atoms with Crippen LogP contribution in [0.25, 0.3) is 5.65 Å². The van der Waals surface area contributed by atoms with Crippen molar-refractivity contribution in [2.45, 2.75) is 20.3 Å². The Kier molecular flexibility index (Phi) is 4.98. The molecule has 2 aromatic rings. The molecule has 0 aliphatic carbocycles. The van der Waals surface area contributed by atoms with Crippen LogP contribution in [0.4, 0.5) is 0 Å². The maximum Gasteiger partial charge on any atom is 0.270 e. The number of hydrogen-bond donors (Lipinski definition) is 1. The van der Waals surface area contributed by atoms with Gasteiger partial charge in [-0.15, -0.1) is 0 Å². The second kappa shape index (κ2) is 6.72. The third-order valence-corrected chi connectivity index (χ3v) is 3.17. The van der Waals surface area contributed by atoms with Gasteiger partial charge in [0.05, 0.1) is 5.69 Å². The lowest BCUT2D eigenvalue weighted by molar-refractivity contribution is 0.0938. The minimum absolute atomic E-state index is 0.131. The highest BCUT2D eigenvalue weighted by atomic mass is 35.5. The molecule has 0 atom stereocenters. The number of fused-ring (bicyclic) bond motifs is 1. The average Bonchev–Trinajstić information content (AvgIpc) is 2.73. The van der Waals surface area contributed by atoms with Crippen molar-refractivity contribution in [3.63, 3.8) is 0 Å². The Morgan fingerprint density at radius 1 is 1.55 bits per heavy atom. The third kappa shape index (κ3) is 3.29. The molecule has 108 valence electrons. The zero-order chi connectivity index (χ0) is 14.5. The van der Waals surface area contributed by atoms with Crippen molar-refractivity contribution in [1.82, 2.24) is 14.7 Å². The molecule has 0 bridgehead atoms. The fourth-order valence-electron chi connectivity index (χ4n) is 2.02. The van der Waals surface area contributed by atoms with Crippen molar-refractivity contribution < 1.29 is 9.53 Å². The molecule has 2 heterocycles. The Morgan fingerprint density at radius 3 is 3.10 bits per heavy atom. The van der Waals surface area contributed by atoms with E-state index >= 15 is 0 Å². The molecule has 0 saturated heterocycles. The quantitative estimate of drug-likeness (QED) is 0.833. The SMILES string of the molecule is CCOCCCNC(=O)c1c(C)nc2cc(Cl)ccn12. The summed E-state index contributed by atoms with van der Waals surface area (Å²) in [6.07, 6.45) is 2.55. The van der Waals surface area contributed by atoms with Gasteiger partial charge in [0.1, 0.15) is 11.3 Å². The first-order valence-electron chi connectivity index (χ1n) is 6.63. The summed E-state index contributed by atoms with van der Waals surface area (Å²) >= 11 is 5.92. The largest absolute Gasteiger partial charge is 0.382 e. The number of carbonyl (C=O) groups is 1. The van der Waals surface area contributed by atoms with Crippen LogP contribution in [0, 0.1) is 6.92 Å². The summed E-state index contributed by atoms with van der Waals surface area (Å²) in [5.74, 6) is -0.131. The molecular weight excluding hydrogens is 278 g/mol. The summed E-state index contributed by atoms with van der Waals surface area (Å²) in [4.78, 5) is 16.6. The highest BCUT2D eigenvalue weighted by molar-refractivity contribution is 6.30. The molecule has 0 saturated carbocycles. The van der Waals surface area contributed by atoms with Crippen molar-refractivity contribution in [2.75, 3.05) is 19.8 Å². The second-order valence-corrected chi connectivity index (χ2v) is 4.86. The van der Waals surface area contributed by atoms with Crippen molar-refractivity contribution in [3.05, 3.63) is 34.7 Å². The van der Waals surface area contributed by atoms with E-state index in [0.29, 0.717) is 41.8 Å². The smallest absolute Gasteiger partial charge is 0.270 e. The standard InChI is InChI=1S/C14H18ClN3O2/c1-3-20-8-4-6-16-14(19)13-10(2)17-12-9-11(15)5-7-18(12)13/h5,7,9H,3-4,6,8H2,1-2H3,(H,16,19). The number of aromatic nitrogens is 2. The van der Waals surface area contributed by atoms with Gasteiger partial charge in [0.15, 0.2) is 0 Å². The summed E-state index contributed by atoms with van der Waals surface area (Å²) < 4.78 is 6.98. The van der Waals surface area contributed by atoms with E-state index in [1.807, 2.05) is 13.8 Å². The number of hydrogen-bond acceptors (Lipinski definition) is 3. The van der Waals surface area contributed by atoms with Crippen molar-refractivity contribution in [3.8, 4) is 0 Å². The minimum atomic E-state index is -0.131. The molecule has 5 nitrogen and oxygen atoms in total. The molecular formula is C14H18ClN3O2. The van der Waals surface area contributed by atoms with E-state index in [2.05, 4.69) is 10.3 Å². The Labute approximate surface area is 122 Å². The maximum atomic E-state index is 12.2. The first-order valence-corrected chi connectivity index (χ1v) is 7.01. The number of rotatable bonds is 6. The lowest BCUT2D eigenvalue weighted by Crippen LogP contribution is -2.27. The Hall–Kier alpha value is -1.59. The van der Waals surface area contributed by atoms with Crippen LogP contribution in [-0.4, -0.2) is 35.1 Å². The summed E-state index contributed by atoms with van der Waals surface area (Å²) in [5.41, 5.74) is 1.91. The van der Waals surface area contributed by atoms with Gasteiger partial charge in [0, 0.05) is 37.0 Å². The van der Waals surface area contributed by atoms with Crippen LogP contribution in [0.2, 0.25) is 5.02 Å². The highest BCUT2D eigenvalue weighted by Gasteiger charge is 2.16. The van der Waals surface area contributed by atoms with E-state index in [4.69, 9.17) is 16.3 Å².